The van der Waals surface area contributed by atoms with Crippen LogP contribution in [-0.4, -0.2) is 38.9 Å². The molecule has 4 aromatic rings. The third-order valence-electron chi connectivity index (χ3n) is 7.44. The monoisotopic (exact) mass is 502 g/mol. The van der Waals surface area contributed by atoms with Crippen molar-refractivity contribution in [1.82, 2.24) is 0 Å². The van der Waals surface area contributed by atoms with Gasteiger partial charge in [-0.05, 0) is 59.0 Å². The smallest absolute Gasteiger partial charge is 0.170 e. The van der Waals surface area contributed by atoms with Crippen LogP contribution >= 0.6 is 25.3 Å². The largest absolute Gasteiger partial charge is 0.508 e. The van der Waals surface area contributed by atoms with Gasteiger partial charge in [-0.25, -0.2) is 0 Å². The van der Waals surface area contributed by atoms with E-state index in [1.165, 1.54) is 0 Å². The summed E-state index contributed by atoms with van der Waals surface area (Å²) in [7, 11) is 18.9. The van der Waals surface area contributed by atoms with Crippen molar-refractivity contribution in [3.05, 3.63) is 81.4 Å². The first kappa shape index (κ1) is 24.9. The highest BCUT2D eigenvalue weighted by molar-refractivity contribution is 7.80. The van der Waals surface area contributed by atoms with Gasteiger partial charge in [-0.1, -0.05) is 64.4 Å². The van der Waals surface area contributed by atoms with Crippen LogP contribution in [0.1, 0.15) is 38.9 Å². The average molecular weight is 502 g/mol. The molecule has 6 radical (unpaired) electrons. The second kappa shape index (κ2) is 8.36. The standard InChI is InChI=1S/C28H21B3O3S2/c1-11-8-9-17-15(10-11)14-6-4-5-7-16(14)28(17,18-12(2)20(29)27(36)25(34)24(18)33)19-13(3)26(35)22(31)21(30)23(19)32/h4-10,32-36H,1-3H3. The number of hydrogen-bond acceptors (Lipinski definition) is 5. The highest BCUT2D eigenvalue weighted by Gasteiger charge is 2.51. The van der Waals surface area contributed by atoms with Crippen LogP contribution in [0.4, 0.5) is 0 Å². The van der Waals surface area contributed by atoms with Crippen molar-refractivity contribution in [2.75, 3.05) is 0 Å². The fourth-order valence-electron chi connectivity index (χ4n) is 5.72. The Labute approximate surface area is 225 Å². The average Bonchev–Trinajstić information content (AvgIpc) is 3.14. The Kier molecular flexibility index (Phi) is 5.77. The number of phenolic OH excluding ortho intramolecular Hbond substituents is 3. The van der Waals surface area contributed by atoms with E-state index in [-0.39, 0.29) is 32.8 Å². The number of aryl methyl sites for hydroxylation is 1. The molecular formula is C28H21B3O3S2. The van der Waals surface area contributed by atoms with Crippen LogP contribution in [0, 0.1) is 20.8 Å². The highest BCUT2D eigenvalue weighted by Crippen LogP contribution is 2.61. The van der Waals surface area contributed by atoms with E-state index in [1.807, 2.05) is 43.3 Å². The Hall–Kier alpha value is -2.83. The summed E-state index contributed by atoms with van der Waals surface area (Å²) in [5, 5.41) is 34.1. The third kappa shape index (κ3) is 3.01. The van der Waals surface area contributed by atoms with Gasteiger partial charge in [0.05, 0.1) is 5.41 Å². The maximum atomic E-state index is 11.6. The van der Waals surface area contributed by atoms with Gasteiger partial charge in [0.1, 0.15) is 29.3 Å². The summed E-state index contributed by atoms with van der Waals surface area (Å²) < 4.78 is 0. The molecule has 1 aliphatic carbocycles. The van der Waals surface area contributed by atoms with E-state index in [4.69, 9.17) is 23.5 Å². The second-order valence-corrected chi connectivity index (χ2v) is 10.2. The summed E-state index contributed by atoms with van der Waals surface area (Å²) in [6, 6.07) is 13.8. The molecule has 0 saturated carbocycles. The van der Waals surface area contributed by atoms with Crippen LogP contribution in [0.5, 0.6) is 17.2 Å². The Morgan fingerprint density at radius 1 is 0.639 bits per heavy atom. The highest BCUT2D eigenvalue weighted by atomic mass is 32.1. The van der Waals surface area contributed by atoms with Gasteiger partial charge in [-0.3, -0.25) is 0 Å². The van der Waals surface area contributed by atoms with Gasteiger partial charge < -0.3 is 15.3 Å². The lowest BCUT2D eigenvalue weighted by atomic mass is 9.61. The lowest BCUT2D eigenvalue weighted by Crippen LogP contribution is -2.37. The number of fused-ring (bicyclic) bond motifs is 3. The summed E-state index contributed by atoms with van der Waals surface area (Å²) in [5.41, 5.74) is 5.31. The molecule has 3 N–H and O–H groups in total. The van der Waals surface area contributed by atoms with Gasteiger partial charge in [0.25, 0.3) is 0 Å². The minimum atomic E-state index is -1.31. The van der Waals surface area contributed by atoms with Crippen LogP contribution in [0.2, 0.25) is 0 Å². The molecule has 172 valence electrons. The Morgan fingerprint density at radius 3 is 1.94 bits per heavy atom. The number of rotatable bonds is 2. The number of phenols is 3. The molecule has 1 aliphatic rings. The first-order valence-corrected chi connectivity index (χ1v) is 12.2. The lowest BCUT2D eigenvalue weighted by Gasteiger charge is -2.39. The quantitative estimate of drug-likeness (QED) is 0.147. The van der Waals surface area contributed by atoms with Crippen molar-refractivity contribution in [2.24, 2.45) is 0 Å². The van der Waals surface area contributed by atoms with E-state index >= 15 is 0 Å². The first-order chi connectivity index (χ1) is 17.0. The summed E-state index contributed by atoms with van der Waals surface area (Å²) in [4.78, 5) is 0.491. The normalized spacial score (nSPS) is 16.1. The minimum absolute atomic E-state index is 0.0156. The van der Waals surface area contributed by atoms with Gasteiger partial charge >= 0.3 is 0 Å². The second-order valence-electron chi connectivity index (χ2n) is 9.33. The maximum absolute atomic E-state index is 11.6. The Bertz CT molecular complexity index is 1490. The van der Waals surface area contributed by atoms with E-state index < -0.39 is 11.2 Å². The van der Waals surface area contributed by atoms with Gasteiger partial charge in [-0.15, -0.1) is 25.3 Å². The summed E-state index contributed by atoms with van der Waals surface area (Å²) in [6.07, 6.45) is 0. The van der Waals surface area contributed by atoms with Crippen LogP contribution in [0.25, 0.3) is 11.1 Å². The summed E-state index contributed by atoms with van der Waals surface area (Å²) in [6.45, 7) is 5.56. The third-order valence-corrected chi connectivity index (χ3v) is 8.47. The summed E-state index contributed by atoms with van der Waals surface area (Å²) >= 11 is 8.97. The molecule has 3 nitrogen and oxygen atoms in total. The molecule has 0 fully saturated rings. The fourth-order valence-corrected chi connectivity index (χ4v) is 6.22. The van der Waals surface area contributed by atoms with Crippen molar-refractivity contribution in [1.29, 1.82) is 0 Å². The number of hydrogen-bond donors (Lipinski definition) is 5. The Balaban J connectivity index is 2.15. The predicted octanol–water partition coefficient (Wildman–Crippen LogP) is 3.05. The van der Waals surface area contributed by atoms with Crippen LogP contribution in [0.3, 0.4) is 0 Å². The van der Waals surface area contributed by atoms with Crippen LogP contribution in [-0.2, 0) is 5.41 Å². The van der Waals surface area contributed by atoms with E-state index in [0.29, 0.717) is 27.1 Å². The number of aromatic hydroxyl groups is 3. The molecule has 0 aliphatic heterocycles. The van der Waals surface area contributed by atoms with Crippen molar-refractivity contribution < 1.29 is 15.3 Å². The van der Waals surface area contributed by atoms with Gasteiger partial charge in [0, 0.05) is 16.0 Å². The maximum Gasteiger partial charge on any atom is 0.170 e. The number of benzene rings is 4. The van der Waals surface area contributed by atoms with E-state index in [2.05, 4.69) is 31.3 Å². The van der Waals surface area contributed by atoms with Crippen molar-refractivity contribution in [2.45, 2.75) is 36.0 Å². The fraction of sp³-hybridized carbons (Fsp3) is 0.143. The predicted molar refractivity (Wildman–Crippen MR) is 154 cm³/mol. The SMILES string of the molecule is [B]c1c([B])c(S)c(C)c(C2(c3c(C)c([B])c(S)c(O)c3O)c3ccccc3-c3cc(C)ccc32)c1O. The molecule has 1 atom stereocenters. The molecule has 0 heterocycles. The zero-order valence-corrected chi connectivity index (χ0v) is 21.8. The first-order valence-electron chi connectivity index (χ1n) is 11.3. The molecule has 1 unspecified atom stereocenters. The zero-order valence-electron chi connectivity index (χ0n) is 20.0. The number of thiol groups is 2. The van der Waals surface area contributed by atoms with E-state index in [9.17, 15) is 15.3 Å². The Morgan fingerprint density at radius 2 is 1.25 bits per heavy atom. The molecule has 0 amide bonds. The molecule has 0 bridgehead atoms. The molecule has 0 spiro atoms. The molecule has 36 heavy (non-hydrogen) atoms. The molecule has 4 aromatic carbocycles. The zero-order chi connectivity index (χ0) is 26.3. The molecule has 0 aromatic heterocycles. The molecular weight excluding hydrogens is 481 g/mol. The van der Waals surface area contributed by atoms with Crippen molar-refractivity contribution in [3.63, 3.8) is 0 Å². The lowest BCUT2D eigenvalue weighted by molar-refractivity contribution is 0.386. The molecule has 8 heteroatoms. The topological polar surface area (TPSA) is 60.7 Å². The van der Waals surface area contributed by atoms with Crippen molar-refractivity contribution >= 4 is 65.2 Å². The van der Waals surface area contributed by atoms with Crippen molar-refractivity contribution in [3.8, 4) is 28.4 Å². The van der Waals surface area contributed by atoms with Gasteiger partial charge in [0.2, 0.25) is 0 Å². The van der Waals surface area contributed by atoms with E-state index in [0.717, 1.165) is 27.8 Å². The van der Waals surface area contributed by atoms with Crippen LogP contribution in [0.15, 0.2) is 52.3 Å². The minimum Gasteiger partial charge on any atom is -0.508 e. The van der Waals surface area contributed by atoms with Gasteiger partial charge in [0.15, 0.2) is 11.5 Å². The molecule has 5 rings (SSSR count). The summed E-state index contributed by atoms with van der Waals surface area (Å²) in [5.74, 6) is -1.05. The van der Waals surface area contributed by atoms with Crippen LogP contribution < -0.4 is 16.4 Å². The van der Waals surface area contributed by atoms with E-state index in [1.54, 1.807) is 13.8 Å². The van der Waals surface area contributed by atoms with Gasteiger partial charge in [-0.2, -0.15) is 0 Å². The molecule has 0 saturated heterocycles.